The van der Waals surface area contributed by atoms with Crippen LogP contribution in [0.15, 0.2) is 18.6 Å². The van der Waals surface area contributed by atoms with E-state index < -0.39 is 0 Å². The van der Waals surface area contributed by atoms with Gasteiger partial charge in [-0.3, -0.25) is 10.00 Å². The highest BCUT2D eigenvalue weighted by atomic mass is 32.1. The van der Waals surface area contributed by atoms with Crippen LogP contribution in [0.4, 0.5) is 9.80 Å². The van der Waals surface area contributed by atoms with Crippen molar-refractivity contribution in [3.63, 3.8) is 0 Å². The number of rotatable bonds is 3. The molecule has 2 aromatic heterocycles. The molecule has 2 aromatic rings. The standard InChI is InChI=1S/C8H10N6OS/c1-14-5-6(3-11-14)2-9-8(15)12-7-4-10-13-16-7/h3-5H,2H2,1H3,(H2,9,12,15). The molecule has 0 unspecified atom stereocenters. The van der Waals surface area contributed by atoms with Gasteiger partial charge in [-0.05, 0) is 0 Å². The van der Waals surface area contributed by atoms with Gasteiger partial charge in [-0.2, -0.15) is 5.10 Å². The van der Waals surface area contributed by atoms with Gasteiger partial charge in [0.15, 0.2) is 0 Å². The number of aromatic nitrogens is 4. The van der Waals surface area contributed by atoms with Crippen LogP contribution in [-0.4, -0.2) is 25.4 Å². The third kappa shape index (κ3) is 2.76. The molecule has 0 spiro atoms. The van der Waals surface area contributed by atoms with Crippen molar-refractivity contribution in [3.8, 4) is 0 Å². The lowest BCUT2D eigenvalue weighted by Gasteiger charge is -2.02. The van der Waals surface area contributed by atoms with Crippen LogP contribution in [0.3, 0.4) is 0 Å². The van der Waals surface area contributed by atoms with Crippen LogP contribution >= 0.6 is 11.5 Å². The first-order chi connectivity index (χ1) is 7.74. The van der Waals surface area contributed by atoms with Gasteiger partial charge in [0, 0.05) is 36.9 Å². The number of nitrogens with zero attached hydrogens (tertiary/aromatic N) is 4. The molecule has 0 aliphatic rings. The lowest BCUT2D eigenvalue weighted by molar-refractivity contribution is 0.252. The van der Waals surface area contributed by atoms with Crippen molar-refractivity contribution in [2.75, 3.05) is 5.32 Å². The van der Waals surface area contributed by atoms with Crippen molar-refractivity contribution in [1.29, 1.82) is 0 Å². The van der Waals surface area contributed by atoms with E-state index in [1.54, 1.807) is 10.9 Å². The minimum Gasteiger partial charge on any atom is -0.334 e. The second-order valence-corrected chi connectivity index (χ2v) is 3.90. The molecule has 84 valence electrons. The summed E-state index contributed by atoms with van der Waals surface area (Å²) in [6.45, 7) is 0.436. The lowest BCUT2D eigenvalue weighted by Crippen LogP contribution is -2.27. The van der Waals surface area contributed by atoms with Gasteiger partial charge in [-0.15, -0.1) is 5.10 Å². The van der Waals surface area contributed by atoms with Gasteiger partial charge >= 0.3 is 6.03 Å². The molecule has 8 heteroatoms. The minimum atomic E-state index is -0.282. The highest BCUT2D eigenvalue weighted by Gasteiger charge is 2.03. The van der Waals surface area contributed by atoms with Gasteiger partial charge in [0.1, 0.15) is 5.00 Å². The van der Waals surface area contributed by atoms with Gasteiger partial charge in [0.25, 0.3) is 0 Å². The molecule has 0 saturated carbocycles. The van der Waals surface area contributed by atoms with Crippen molar-refractivity contribution < 1.29 is 4.79 Å². The predicted molar refractivity (Wildman–Crippen MR) is 59.0 cm³/mol. The molecule has 0 saturated heterocycles. The first-order valence-corrected chi connectivity index (χ1v) is 5.31. The Morgan fingerprint density at radius 2 is 2.44 bits per heavy atom. The van der Waals surface area contributed by atoms with Crippen LogP contribution in [0, 0.1) is 0 Å². The molecule has 0 aromatic carbocycles. The summed E-state index contributed by atoms with van der Waals surface area (Å²) in [5, 5.41) is 13.5. The molecule has 0 radical (unpaired) electrons. The highest BCUT2D eigenvalue weighted by Crippen LogP contribution is 2.08. The maximum atomic E-state index is 11.4. The fourth-order valence-corrected chi connectivity index (χ4v) is 1.54. The number of urea groups is 1. The Labute approximate surface area is 95.6 Å². The van der Waals surface area contributed by atoms with E-state index in [0.29, 0.717) is 11.5 Å². The lowest BCUT2D eigenvalue weighted by atomic mass is 10.4. The maximum absolute atomic E-state index is 11.4. The molecular weight excluding hydrogens is 228 g/mol. The number of amides is 2. The average molecular weight is 238 g/mol. The Morgan fingerprint density at radius 3 is 3.06 bits per heavy atom. The summed E-state index contributed by atoms with van der Waals surface area (Å²) in [5.41, 5.74) is 0.945. The van der Waals surface area contributed by atoms with Gasteiger partial charge in [-0.1, -0.05) is 4.49 Å². The highest BCUT2D eigenvalue weighted by molar-refractivity contribution is 7.10. The number of hydrogen-bond acceptors (Lipinski definition) is 5. The van der Waals surface area contributed by atoms with Gasteiger partial charge in [0.05, 0.1) is 12.4 Å². The van der Waals surface area contributed by atoms with E-state index >= 15 is 0 Å². The molecule has 2 amide bonds. The van der Waals surface area contributed by atoms with E-state index in [9.17, 15) is 4.79 Å². The second-order valence-electron chi connectivity index (χ2n) is 3.11. The molecule has 0 aliphatic heterocycles. The molecule has 2 rings (SSSR count). The first kappa shape index (κ1) is 10.6. The van der Waals surface area contributed by atoms with Gasteiger partial charge < -0.3 is 5.32 Å². The van der Waals surface area contributed by atoms with E-state index in [1.807, 2.05) is 13.2 Å². The zero-order valence-electron chi connectivity index (χ0n) is 8.54. The Kier molecular flexibility index (Phi) is 3.10. The van der Waals surface area contributed by atoms with Crippen LogP contribution in [0.1, 0.15) is 5.56 Å². The zero-order valence-corrected chi connectivity index (χ0v) is 9.36. The molecule has 16 heavy (non-hydrogen) atoms. The fourth-order valence-electron chi connectivity index (χ4n) is 1.12. The maximum Gasteiger partial charge on any atom is 0.320 e. The monoisotopic (exact) mass is 238 g/mol. The SMILES string of the molecule is Cn1cc(CNC(=O)Nc2cnns2)cn1. The molecule has 2 N–H and O–H groups in total. The summed E-state index contributed by atoms with van der Waals surface area (Å²) in [7, 11) is 1.83. The smallest absolute Gasteiger partial charge is 0.320 e. The Balaban J connectivity index is 1.80. The molecule has 0 fully saturated rings. The zero-order chi connectivity index (χ0) is 11.4. The van der Waals surface area contributed by atoms with Crippen molar-refractivity contribution >= 4 is 22.6 Å². The van der Waals surface area contributed by atoms with Crippen LogP contribution in [-0.2, 0) is 13.6 Å². The molecule has 2 heterocycles. The van der Waals surface area contributed by atoms with Crippen LogP contribution < -0.4 is 10.6 Å². The number of carbonyl (C=O) groups is 1. The van der Waals surface area contributed by atoms with Crippen molar-refractivity contribution in [2.24, 2.45) is 7.05 Å². The molecule has 0 atom stereocenters. The predicted octanol–water partition coefficient (Wildman–Crippen LogP) is 0.593. The Morgan fingerprint density at radius 1 is 1.56 bits per heavy atom. The summed E-state index contributed by atoms with van der Waals surface area (Å²) < 4.78 is 5.32. The molecule has 7 nitrogen and oxygen atoms in total. The number of anilines is 1. The average Bonchev–Trinajstić information content (AvgIpc) is 2.87. The topological polar surface area (TPSA) is 84.7 Å². The van der Waals surface area contributed by atoms with E-state index in [4.69, 9.17) is 0 Å². The molecular formula is C8H10N6OS. The van der Waals surface area contributed by atoms with Gasteiger partial charge in [-0.25, -0.2) is 4.79 Å². The quantitative estimate of drug-likeness (QED) is 0.819. The summed E-state index contributed by atoms with van der Waals surface area (Å²) in [4.78, 5) is 11.4. The summed E-state index contributed by atoms with van der Waals surface area (Å²) >= 11 is 1.13. The van der Waals surface area contributed by atoms with Gasteiger partial charge in [0.2, 0.25) is 0 Å². The Bertz CT molecular complexity index is 465. The second kappa shape index (κ2) is 4.71. The first-order valence-electron chi connectivity index (χ1n) is 4.54. The van der Waals surface area contributed by atoms with E-state index in [0.717, 1.165) is 17.1 Å². The number of aryl methyl sites for hydroxylation is 1. The number of hydrogen-bond donors (Lipinski definition) is 2. The summed E-state index contributed by atoms with van der Waals surface area (Å²) in [6.07, 6.45) is 5.04. The van der Waals surface area contributed by atoms with Crippen LogP contribution in [0.25, 0.3) is 0 Å². The minimum absolute atomic E-state index is 0.282. The third-order valence-corrected chi connectivity index (χ3v) is 2.39. The van der Waals surface area contributed by atoms with E-state index in [-0.39, 0.29) is 6.03 Å². The Hall–Kier alpha value is -1.96. The number of nitrogens with one attached hydrogen (secondary N) is 2. The van der Waals surface area contributed by atoms with E-state index in [2.05, 4.69) is 25.3 Å². The van der Waals surface area contributed by atoms with Crippen LogP contribution in [0.5, 0.6) is 0 Å². The molecule has 0 aliphatic carbocycles. The normalized spacial score (nSPS) is 10.1. The largest absolute Gasteiger partial charge is 0.334 e. The van der Waals surface area contributed by atoms with Crippen molar-refractivity contribution in [3.05, 3.63) is 24.2 Å². The molecule has 0 bridgehead atoms. The summed E-state index contributed by atoms with van der Waals surface area (Å²) in [6, 6.07) is -0.282. The fraction of sp³-hybridized carbons (Fsp3) is 0.250. The van der Waals surface area contributed by atoms with Crippen molar-refractivity contribution in [1.82, 2.24) is 24.7 Å². The van der Waals surface area contributed by atoms with Crippen molar-refractivity contribution in [2.45, 2.75) is 6.54 Å². The van der Waals surface area contributed by atoms with E-state index in [1.165, 1.54) is 6.20 Å². The summed E-state index contributed by atoms with van der Waals surface area (Å²) in [5.74, 6) is 0. The number of carbonyl (C=O) groups excluding carboxylic acids is 1. The third-order valence-electron chi connectivity index (χ3n) is 1.81. The van der Waals surface area contributed by atoms with Crippen LogP contribution in [0.2, 0.25) is 0 Å².